The van der Waals surface area contributed by atoms with Gasteiger partial charge < -0.3 is 24.6 Å². The van der Waals surface area contributed by atoms with E-state index >= 15 is 0 Å². The first kappa shape index (κ1) is 40.4. The smallest absolute Gasteiger partial charge is 0.474 e. The Morgan fingerprint density at radius 2 is 1.68 bits per heavy atom. The normalized spacial score (nSPS) is 13.4. The van der Waals surface area contributed by atoms with E-state index in [0.29, 0.717) is 33.6 Å². The van der Waals surface area contributed by atoms with Gasteiger partial charge in [0.25, 0.3) is 0 Å². The molecule has 0 aliphatic carbocycles. The van der Waals surface area contributed by atoms with Gasteiger partial charge >= 0.3 is 19.9 Å². The van der Waals surface area contributed by atoms with Crippen molar-refractivity contribution in [2.75, 3.05) is 27.4 Å². The number of aromatic hydroxyl groups is 1. The summed E-state index contributed by atoms with van der Waals surface area (Å²) in [5, 5.41) is 14.1. The van der Waals surface area contributed by atoms with E-state index in [1.165, 1.54) is 32.0 Å². The van der Waals surface area contributed by atoms with Gasteiger partial charge in [-0.3, -0.25) is 13.6 Å². The lowest BCUT2D eigenvalue weighted by Gasteiger charge is -2.35. The third kappa shape index (κ3) is 13.0. The molecule has 0 spiro atoms. The van der Waals surface area contributed by atoms with Crippen LogP contribution in [0.4, 0.5) is 4.79 Å². The highest BCUT2D eigenvalue weighted by atomic mass is 35.5. The lowest BCUT2D eigenvalue weighted by molar-refractivity contribution is 0.00621. The van der Waals surface area contributed by atoms with Crippen LogP contribution in [0.5, 0.6) is 11.5 Å². The van der Waals surface area contributed by atoms with E-state index < -0.39 is 36.6 Å². The van der Waals surface area contributed by atoms with E-state index in [9.17, 15) is 19.3 Å². The summed E-state index contributed by atoms with van der Waals surface area (Å²) >= 11 is 7.98. The van der Waals surface area contributed by atoms with Crippen molar-refractivity contribution in [3.63, 3.8) is 0 Å². The fourth-order valence-electron chi connectivity index (χ4n) is 4.30. The number of phenolic OH excluding ortho intramolecular Hbond substituents is 1. The lowest BCUT2D eigenvalue weighted by atomic mass is 9.88. The van der Waals surface area contributed by atoms with Crippen molar-refractivity contribution in [1.82, 2.24) is 5.32 Å². The molecule has 47 heavy (non-hydrogen) atoms. The SMILES string of the molecule is C=CC[C@](CCc1ccc(Sc2cc(OCC)cc(O)c2C(=O)OC(C)(C)C)cc1Cl)(COP(=O)(OC)OC)NC(=O)OC(C)(C)C. The molecule has 1 atom stereocenters. The van der Waals surface area contributed by atoms with E-state index in [1.54, 1.807) is 59.8 Å². The first-order valence-corrected chi connectivity index (χ1v) is 17.6. The van der Waals surface area contributed by atoms with Crippen LogP contribution in [0.2, 0.25) is 5.02 Å². The second-order valence-electron chi connectivity index (χ2n) is 12.6. The second kappa shape index (κ2) is 17.1. The Hall–Kier alpha value is -2.73. The van der Waals surface area contributed by atoms with Gasteiger partial charge in [0.2, 0.25) is 0 Å². The number of phosphoric acid groups is 1. The van der Waals surface area contributed by atoms with E-state index in [4.69, 9.17) is 39.4 Å². The standard InChI is InChI=1S/C33H47ClNO10PS/c1-11-16-33(21-43-46(39,40-9)41-10,35-30(38)45-32(6,7)8)17-15-22-13-14-24(20-25(22)34)47-27-19-23(42-12-2)18-26(36)28(27)29(37)44-31(3,4)5/h11,13-14,18-20,36H,1,12,15-17,21H2,2-10H3,(H,35,38)/t33-/m0/s1. The Morgan fingerprint density at radius 1 is 1.04 bits per heavy atom. The van der Waals surface area contributed by atoms with Crippen LogP contribution in [0.15, 0.2) is 52.8 Å². The first-order valence-electron chi connectivity index (χ1n) is 15.0. The molecule has 11 nitrogen and oxygen atoms in total. The summed E-state index contributed by atoms with van der Waals surface area (Å²) in [6.45, 7) is 16.2. The average molecular weight is 716 g/mol. The number of phenols is 1. The Bertz CT molecular complexity index is 1450. The Morgan fingerprint density at radius 3 is 2.21 bits per heavy atom. The van der Waals surface area contributed by atoms with E-state index in [0.717, 1.165) is 5.56 Å². The number of nitrogens with one attached hydrogen (secondary N) is 1. The van der Waals surface area contributed by atoms with Crippen molar-refractivity contribution < 1.29 is 47.0 Å². The molecular weight excluding hydrogens is 669 g/mol. The maximum absolute atomic E-state index is 13.1. The number of phosphoric ester groups is 1. The van der Waals surface area contributed by atoms with Crippen molar-refractivity contribution in [2.24, 2.45) is 0 Å². The molecule has 2 N–H and O–H groups in total. The molecule has 0 aliphatic heterocycles. The minimum atomic E-state index is -3.88. The third-order valence-electron chi connectivity index (χ3n) is 6.34. The highest BCUT2D eigenvalue weighted by molar-refractivity contribution is 7.99. The highest BCUT2D eigenvalue weighted by Crippen LogP contribution is 2.48. The molecule has 2 rings (SSSR count). The fraction of sp³-hybridized carbons (Fsp3) is 0.515. The van der Waals surface area contributed by atoms with Crippen LogP contribution < -0.4 is 10.1 Å². The number of aryl methyl sites for hydroxylation is 1. The third-order valence-corrected chi connectivity index (χ3v) is 9.06. The number of amides is 1. The quantitative estimate of drug-likeness (QED) is 0.0980. The first-order chi connectivity index (χ1) is 21.8. The summed E-state index contributed by atoms with van der Waals surface area (Å²) in [4.78, 5) is 27.1. The molecule has 0 aromatic heterocycles. The zero-order chi connectivity index (χ0) is 35.6. The number of alkyl carbamates (subject to hydrolysis) is 1. The maximum atomic E-state index is 13.1. The van der Waals surface area contributed by atoms with Crippen molar-refractivity contribution in [3.8, 4) is 11.5 Å². The molecule has 2 aromatic rings. The van der Waals surface area contributed by atoms with Gasteiger partial charge in [-0.2, -0.15) is 0 Å². The van der Waals surface area contributed by atoms with Crippen LogP contribution in [0.1, 0.15) is 77.2 Å². The van der Waals surface area contributed by atoms with Crippen LogP contribution in [0, 0.1) is 0 Å². The fourth-order valence-corrected chi connectivity index (χ4v) is 6.43. The number of hydrogen-bond donors (Lipinski definition) is 2. The van der Waals surface area contributed by atoms with Crippen LogP contribution in [-0.2, 0) is 34.0 Å². The zero-order valence-corrected chi connectivity index (χ0v) is 31.0. The molecule has 0 saturated carbocycles. The van der Waals surface area contributed by atoms with Crippen LogP contribution in [0.25, 0.3) is 0 Å². The summed E-state index contributed by atoms with van der Waals surface area (Å²) in [5.74, 6) is -0.541. The van der Waals surface area contributed by atoms with Gasteiger partial charge in [-0.15, -0.1) is 6.58 Å². The molecule has 0 heterocycles. The molecule has 1 amide bonds. The number of rotatable bonds is 16. The van der Waals surface area contributed by atoms with Gasteiger partial charge in [0.15, 0.2) is 0 Å². The predicted molar refractivity (Wildman–Crippen MR) is 183 cm³/mol. The molecule has 0 fully saturated rings. The maximum Gasteiger partial charge on any atom is 0.474 e. The summed E-state index contributed by atoms with van der Waals surface area (Å²) in [6.07, 6.45) is 1.80. The number of halogens is 1. The molecule has 14 heteroatoms. The van der Waals surface area contributed by atoms with Gasteiger partial charge in [-0.25, -0.2) is 14.2 Å². The van der Waals surface area contributed by atoms with Crippen LogP contribution in [0.3, 0.4) is 0 Å². The summed E-state index contributed by atoms with van der Waals surface area (Å²) in [6, 6.07) is 8.44. The molecule has 0 unspecified atom stereocenters. The molecule has 0 radical (unpaired) electrons. The number of esters is 1. The summed E-state index contributed by atoms with van der Waals surface area (Å²) < 4.78 is 44.8. The van der Waals surface area contributed by atoms with Gasteiger partial charge in [-0.05, 0) is 91.5 Å². The monoisotopic (exact) mass is 715 g/mol. The Labute approximate surface area is 287 Å². The number of carbonyl (C=O) groups excluding carboxylic acids is 2. The van der Waals surface area contributed by atoms with Crippen molar-refractivity contribution >= 4 is 43.2 Å². The minimum absolute atomic E-state index is 0.0143. The molecule has 2 aromatic carbocycles. The topological polar surface area (TPSA) is 139 Å². The molecule has 262 valence electrons. The largest absolute Gasteiger partial charge is 0.507 e. The average Bonchev–Trinajstić information content (AvgIpc) is 2.93. The number of carbonyl (C=O) groups is 2. The molecule has 0 aliphatic rings. The molecular formula is C33H47ClNO10PS. The predicted octanol–water partition coefficient (Wildman–Crippen LogP) is 8.74. The Kier molecular flexibility index (Phi) is 14.7. The van der Waals surface area contributed by atoms with Crippen molar-refractivity contribution in [3.05, 3.63) is 59.1 Å². The van der Waals surface area contributed by atoms with Crippen LogP contribution >= 0.6 is 31.2 Å². The number of benzene rings is 2. The second-order valence-corrected chi connectivity index (χ2v) is 16.0. The van der Waals surface area contributed by atoms with Crippen molar-refractivity contribution in [2.45, 2.75) is 94.3 Å². The molecule has 0 saturated heterocycles. The minimum Gasteiger partial charge on any atom is -0.507 e. The van der Waals surface area contributed by atoms with E-state index in [2.05, 4.69) is 11.9 Å². The van der Waals surface area contributed by atoms with Crippen LogP contribution in [-0.4, -0.2) is 61.3 Å². The summed E-state index contributed by atoms with van der Waals surface area (Å²) in [7, 11) is -1.48. The van der Waals surface area contributed by atoms with E-state index in [-0.39, 0.29) is 30.8 Å². The lowest BCUT2D eigenvalue weighted by Crippen LogP contribution is -2.53. The number of hydrogen-bond acceptors (Lipinski definition) is 11. The zero-order valence-electron chi connectivity index (χ0n) is 28.6. The van der Waals surface area contributed by atoms with E-state index in [1.807, 2.05) is 19.1 Å². The summed E-state index contributed by atoms with van der Waals surface area (Å²) in [5.41, 5.74) is -1.90. The van der Waals surface area contributed by atoms with Gasteiger partial charge in [0.1, 0.15) is 28.3 Å². The Balaban J connectivity index is 2.42. The van der Waals surface area contributed by atoms with Gasteiger partial charge in [-0.1, -0.05) is 35.5 Å². The molecule has 0 bridgehead atoms. The van der Waals surface area contributed by atoms with Gasteiger partial charge in [0, 0.05) is 35.1 Å². The van der Waals surface area contributed by atoms with Gasteiger partial charge in [0.05, 0.1) is 18.8 Å². The highest BCUT2D eigenvalue weighted by Gasteiger charge is 2.37. The van der Waals surface area contributed by atoms with Crippen molar-refractivity contribution in [1.29, 1.82) is 0 Å². The number of ether oxygens (including phenoxy) is 3.